The summed E-state index contributed by atoms with van der Waals surface area (Å²) in [4.78, 5) is 0. The maximum absolute atomic E-state index is 9.20. The molecular weight excluding hydrogens is 301 g/mol. The van der Waals surface area contributed by atoms with E-state index in [1.165, 1.54) is 0 Å². The van der Waals surface area contributed by atoms with Gasteiger partial charge in [-0.3, -0.25) is 0 Å². The summed E-state index contributed by atoms with van der Waals surface area (Å²) in [6, 6.07) is 15.1. The molecule has 0 fully saturated rings. The summed E-state index contributed by atoms with van der Waals surface area (Å²) in [5.41, 5.74) is 2.20. The Labute approximate surface area is 114 Å². The summed E-state index contributed by atoms with van der Waals surface area (Å²) < 4.78 is 5.38. The molecule has 90 valence electrons. The van der Waals surface area contributed by atoms with Gasteiger partial charge in [-0.15, -0.1) is 0 Å². The smallest absolute Gasteiger partial charge is 0.119 e. The average Bonchev–Trinajstić information content (AvgIpc) is 2.32. The molecule has 0 saturated heterocycles. The maximum Gasteiger partial charge on any atom is 0.119 e. The molecule has 0 aliphatic rings. The fraction of sp³-hybridized carbons (Fsp3) is 0.143. The van der Waals surface area contributed by atoms with Gasteiger partial charge in [-0.1, -0.05) is 24.3 Å². The van der Waals surface area contributed by atoms with E-state index in [0.717, 1.165) is 16.9 Å². The summed E-state index contributed by atoms with van der Waals surface area (Å²) in [6.45, 7) is 2.65. The van der Waals surface area contributed by atoms with E-state index in [1.807, 2.05) is 43.3 Å². The van der Waals surface area contributed by atoms with Gasteiger partial charge in [0.15, 0.2) is 0 Å². The van der Waals surface area contributed by atoms with Gasteiger partial charge in [-0.05, 0) is 42.3 Å². The van der Waals surface area contributed by atoms with Crippen LogP contribution in [0.4, 0.5) is 0 Å². The molecule has 0 aliphatic heterocycles. The Bertz CT molecular complexity index is 449. The van der Waals surface area contributed by atoms with Crippen molar-refractivity contribution in [3.8, 4) is 22.6 Å². The van der Waals surface area contributed by atoms with Crippen LogP contribution in [0.2, 0.25) is 0 Å². The van der Waals surface area contributed by atoms with Gasteiger partial charge in [-0.25, -0.2) is 0 Å². The van der Waals surface area contributed by atoms with Crippen molar-refractivity contribution in [2.75, 3.05) is 6.61 Å². The van der Waals surface area contributed by atoms with Crippen LogP contribution in [0.5, 0.6) is 11.5 Å². The monoisotopic (exact) mass is 316 g/mol. The molecule has 0 saturated carbocycles. The van der Waals surface area contributed by atoms with Crippen molar-refractivity contribution in [2.24, 2.45) is 0 Å². The molecule has 0 unspecified atom stereocenters. The van der Waals surface area contributed by atoms with Crippen molar-refractivity contribution in [1.29, 1.82) is 0 Å². The van der Waals surface area contributed by atoms with Crippen molar-refractivity contribution in [3.05, 3.63) is 48.5 Å². The SMILES string of the molecule is CCOc1ccc(-c2ccc(O)cc2)cc1.[Ru]. The van der Waals surface area contributed by atoms with Gasteiger partial charge in [0.25, 0.3) is 0 Å². The summed E-state index contributed by atoms with van der Waals surface area (Å²) in [5.74, 6) is 1.17. The summed E-state index contributed by atoms with van der Waals surface area (Å²) in [6.07, 6.45) is 0. The van der Waals surface area contributed by atoms with Crippen LogP contribution in [-0.4, -0.2) is 11.7 Å². The number of aromatic hydroxyl groups is 1. The summed E-state index contributed by atoms with van der Waals surface area (Å²) in [7, 11) is 0. The summed E-state index contributed by atoms with van der Waals surface area (Å²) in [5, 5.41) is 9.20. The molecule has 0 atom stereocenters. The van der Waals surface area contributed by atoms with E-state index in [9.17, 15) is 5.11 Å². The molecule has 0 aliphatic carbocycles. The third-order valence-corrected chi connectivity index (χ3v) is 2.37. The predicted octanol–water partition coefficient (Wildman–Crippen LogP) is 3.46. The number of phenolic OH excluding ortho intramolecular Hbond substituents is 1. The molecular formula is C14H14O2Ru. The minimum absolute atomic E-state index is 0. The van der Waals surface area contributed by atoms with Crippen molar-refractivity contribution < 1.29 is 29.3 Å². The van der Waals surface area contributed by atoms with Gasteiger partial charge >= 0.3 is 0 Å². The molecule has 2 aromatic rings. The minimum atomic E-state index is 0. The number of ether oxygens (including phenoxy) is 1. The molecule has 2 aromatic carbocycles. The van der Waals surface area contributed by atoms with Crippen LogP contribution < -0.4 is 4.74 Å². The van der Waals surface area contributed by atoms with E-state index >= 15 is 0 Å². The molecule has 0 amide bonds. The second-order valence-electron chi connectivity index (χ2n) is 3.50. The van der Waals surface area contributed by atoms with Gasteiger partial charge in [0.1, 0.15) is 11.5 Å². The number of hydrogen-bond acceptors (Lipinski definition) is 2. The first-order valence-corrected chi connectivity index (χ1v) is 5.32. The minimum Gasteiger partial charge on any atom is -0.508 e. The van der Waals surface area contributed by atoms with Crippen molar-refractivity contribution in [2.45, 2.75) is 6.92 Å². The number of benzene rings is 2. The first-order chi connectivity index (χ1) is 7.79. The van der Waals surface area contributed by atoms with Gasteiger partial charge in [0.2, 0.25) is 0 Å². The second-order valence-corrected chi connectivity index (χ2v) is 3.50. The Morgan fingerprint density at radius 1 is 0.882 bits per heavy atom. The molecule has 0 heterocycles. The van der Waals surface area contributed by atoms with Crippen LogP contribution >= 0.6 is 0 Å². The quantitative estimate of drug-likeness (QED) is 0.879. The van der Waals surface area contributed by atoms with E-state index in [4.69, 9.17) is 4.74 Å². The molecule has 1 N–H and O–H groups in total. The van der Waals surface area contributed by atoms with Gasteiger partial charge in [0, 0.05) is 19.5 Å². The van der Waals surface area contributed by atoms with E-state index in [2.05, 4.69) is 0 Å². The zero-order valence-electron chi connectivity index (χ0n) is 9.53. The van der Waals surface area contributed by atoms with Gasteiger partial charge < -0.3 is 9.84 Å². The van der Waals surface area contributed by atoms with Crippen LogP contribution in [0.15, 0.2) is 48.5 Å². The normalized spacial score (nSPS) is 9.47. The van der Waals surface area contributed by atoms with Gasteiger partial charge in [-0.2, -0.15) is 0 Å². The van der Waals surface area contributed by atoms with E-state index in [0.29, 0.717) is 6.61 Å². The van der Waals surface area contributed by atoms with Crippen LogP contribution in [0.25, 0.3) is 11.1 Å². The van der Waals surface area contributed by atoms with E-state index in [-0.39, 0.29) is 25.2 Å². The van der Waals surface area contributed by atoms with E-state index < -0.39 is 0 Å². The van der Waals surface area contributed by atoms with E-state index in [1.54, 1.807) is 12.1 Å². The van der Waals surface area contributed by atoms with Crippen molar-refractivity contribution >= 4 is 0 Å². The predicted molar refractivity (Wildman–Crippen MR) is 64.7 cm³/mol. The molecule has 0 bridgehead atoms. The molecule has 2 nitrogen and oxygen atoms in total. The fourth-order valence-corrected chi connectivity index (χ4v) is 1.56. The molecule has 17 heavy (non-hydrogen) atoms. The molecule has 0 radical (unpaired) electrons. The zero-order chi connectivity index (χ0) is 11.4. The van der Waals surface area contributed by atoms with Crippen LogP contribution in [0.3, 0.4) is 0 Å². The Hall–Kier alpha value is -1.34. The Balaban J connectivity index is 0.00000144. The van der Waals surface area contributed by atoms with Crippen molar-refractivity contribution in [1.82, 2.24) is 0 Å². The van der Waals surface area contributed by atoms with Crippen LogP contribution in [-0.2, 0) is 19.5 Å². The first-order valence-electron chi connectivity index (χ1n) is 5.32. The zero-order valence-corrected chi connectivity index (χ0v) is 11.3. The van der Waals surface area contributed by atoms with Crippen LogP contribution in [0.1, 0.15) is 6.92 Å². The molecule has 3 heteroatoms. The molecule has 0 aromatic heterocycles. The Kier molecular flexibility index (Phi) is 5.18. The standard InChI is InChI=1S/C14H14O2.Ru/c1-2-16-14-9-5-12(6-10-14)11-3-7-13(15)8-4-11;/h3-10,15H,2H2,1H3;. The number of phenols is 1. The molecule has 2 rings (SSSR count). The van der Waals surface area contributed by atoms with Crippen LogP contribution in [0, 0.1) is 0 Å². The average molecular weight is 315 g/mol. The van der Waals surface area contributed by atoms with Gasteiger partial charge in [0.05, 0.1) is 6.61 Å². The second kappa shape index (κ2) is 6.41. The fourth-order valence-electron chi connectivity index (χ4n) is 1.56. The number of hydrogen-bond donors (Lipinski definition) is 1. The molecule has 0 spiro atoms. The largest absolute Gasteiger partial charge is 0.508 e. The third-order valence-electron chi connectivity index (χ3n) is 2.37. The first kappa shape index (κ1) is 13.7. The maximum atomic E-state index is 9.20. The Morgan fingerprint density at radius 3 is 1.82 bits per heavy atom. The summed E-state index contributed by atoms with van der Waals surface area (Å²) >= 11 is 0. The Morgan fingerprint density at radius 2 is 1.35 bits per heavy atom. The number of rotatable bonds is 3. The topological polar surface area (TPSA) is 29.5 Å². The van der Waals surface area contributed by atoms with Crippen molar-refractivity contribution in [3.63, 3.8) is 0 Å². The third kappa shape index (κ3) is 3.57.